The van der Waals surface area contributed by atoms with Crippen LogP contribution in [0.1, 0.15) is 21.5 Å². The van der Waals surface area contributed by atoms with Gasteiger partial charge in [-0.25, -0.2) is 13.2 Å². The van der Waals surface area contributed by atoms with E-state index >= 15 is 0 Å². The van der Waals surface area contributed by atoms with Gasteiger partial charge in [0.25, 0.3) is 0 Å². The molecule has 0 aliphatic carbocycles. The largest absolute Gasteiger partial charge is 0.497 e. The van der Waals surface area contributed by atoms with Crippen molar-refractivity contribution in [2.24, 2.45) is 0 Å². The fraction of sp³-hybridized carbons (Fsp3) is 0.136. The molecule has 29 heavy (non-hydrogen) atoms. The van der Waals surface area contributed by atoms with Crippen molar-refractivity contribution >= 4 is 21.7 Å². The van der Waals surface area contributed by atoms with Crippen LogP contribution in [0.25, 0.3) is 11.1 Å². The lowest BCUT2D eigenvalue weighted by molar-refractivity contribution is 0.0696. The van der Waals surface area contributed by atoms with Gasteiger partial charge in [0.15, 0.2) is 0 Å². The lowest BCUT2D eigenvalue weighted by atomic mass is 10.1. The highest BCUT2D eigenvalue weighted by Crippen LogP contribution is 2.25. The van der Waals surface area contributed by atoms with Crippen molar-refractivity contribution in [2.75, 3.05) is 11.8 Å². The van der Waals surface area contributed by atoms with Crippen molar-refractivity contribution in [1.82, 2.24) is 0 Å². The van der Waals surface area contributed by atoms with Crippen molar-refractivity contribution in [3.05, 3.63) is 83.4 Å². The standard InChI is InChI=1S/C22H21NO5S/c1-15-12-16(6-11-21(15)22(24)25)14-29(26,27)23-19-9-7-17(8-10-19)18-4-3-5-20(13-18)28-2/h3-13,23H,14H2,1-2H3,(H,24,25). The van der Waals surface area contributed by atoms with Gasteiger partial charge in [0, 0.05) is 5.69 Å². The van der Waals surface area contributed by atoms with E-state index in [4.69, 9.17) is 9.84 Å². The maximum Gasteiger partial charge on any atom is 0.335 e. The van der Waals surface area contributed by atoms with Crippen molar-refractivity contribution in [2.45, 2.75) is 12.7 Å². The van der Waals surface area contributed by atoms with Crippen molar-refractivity contribution in [3.63, 3.8) is 0 Å². The summed E-state index contributed by atoms with van der Waals surface area (Å²) in [5, 5.41) is 9.08. The maximum absolute atomic E-state index is 12.5. The van der Waals surface area contributed by atoms with Gasteiger partial charge in [0.1, 0.15) is 5.75 Å². The zero-order chi connectivity index (χ0) is 21.0. The van der Waals surface area contributed by atoms with E-state index in [2.05, 4.69) is 4.72 Å². The van der Waals surface area contributed by atoms with Crippen LogP contribution < -0.4 is 9.46 Å². The fourth-order valence-electron chi connectivity index (χ4n) is 3.02. The van der Waals surface area contributed by atoms with Crippen LogP contribution in [-0.4, -0.2) is 26.6 Å². The number of sulfonamides is 1. The number of carboxylic acids is 1. The molecule has 0 aliphatic heterocycles. The molecule has 0 saturated heterocycles. The summed E-state index contributed by atoms with van der Waals surface area (Å²) in [4.78, 5) is 11.1. The minimum atomic E-state index is -3.64. The summed E-state index contributed by atoms with van der Waals surface area (Å²) in [6.07, 6.45) is 0. The molecule has 0 fully saturated rings. The molecule has 2 N–H and O–H groups in total. The molecule has 0 heterocycles. The Labute approximate surface area is 169 Å². The summed E-state index contributed by atoms with van der Waals surface area (Å²) in [6, 6.07) is 19.2. The molecule has 0 bridgehead atoms. The monoisotopic (exact) mass is 411 g/mol. The van der Waals surface area contributed by atoms with E-state index in [1.165, 1.54) is 12.1 Å². The molecule has 6 nitrogen and oxygen atoms in total. The average molecular weight is 411 g/mol. The number of nitrogens with one attached hydrogen (secondary N) is 1. The van der Waals surface area contributed by atoms with Gasteiger partial charge in [-0.15, -0.1) is 0 Å². The second-order valence-corrected chi connectivity index (χ2v) is 8.35. The van der Waals surface area contributed by atoms with E-state index < -0.39 is 16.0 Å². The minimum absolute atomic E-state index is 0.159. The first-order chi connectivity index (χ1) is 13.8. The predicted molar refractivity (Wildman–Crippen MR) is 113 cm³/mol. The van der Waals surface area contributed by atoms with Crippen LogP contribution in [0.15, 0.2) is 66.7 Å². The Morgan fingerprint density at radius 3 is 2.34 bits per heavy atom. The lowest BCUT2D eigenvalue weighted by Crippen LogP contribution is -2.15. The minimum Gasteiger partial charge on any atom is -0.497 e. The third-order valence-electron chi connectivity index (χ3n) is 4.44. The summed E-state index contributed by atoms with van der Waals surface area (Å²) in [5.41, 5.74) is 3.56. The number of aromatic carboxylic acids is 1. The van der Waals surface area contributed by atoms with E-state index in [-0.39, 0.29) is 11.3 Å². The Morgan fingerprint density at radius 2 is 1.72 bits per heavy atom. The summed E-state index contributed by atoms with van der Waals surface area (Å²) >= 11 is 0. The van der Waals surface area contributed by atoms with E-state index in [1.54, 1.807) is 32.2 Å². The number of hydrogen-bond donors (Lipinski definition) is 2. The topological polar surface area (TPSA) is 92.7 Å². The molecule has 0 aromatic heterocycles. The van der Waals surface area contributed by atoms with Crippen LogP contribution in [0.3, 0.4) is 0 Å². The lowest BCUT2D eigenvalue weighted by Gasteiger charge is -2.10. The molecule has 7 heteroatoms. The Morgan fingerprint density at radius 1 is 1.00 bits per heavy atom. The highest BCUT2D eigenvalue weighted by molar-refractivity contribution is 7.91. The van der Waals surface area contributed by atoms with Crippen LogP contribution in [0.4, 0.5) is 5.69 Å². The van der Waals surface area contributed by atoms with Gasteiger partial charge in [-0.3, -0.25) is 4.72 Å². The molecule has 0 saturated carbocycles. The molecule has 0 amide bonds. The Kier molecular flexibility index (Phi) is 5.89. The molecular formula is C22H21NO5S. The third-order valence-corrected chi connectivity index (χ3v) is 5.70. The second-order valence-electron chi connectivity index (χ2n) is 6.62. The Balaban J connectivity index is 1.73. The number of aryl methyl sites for hydroxylation is 1. The SMILES string of the molecule is COc1cccc(-c2ccc(NS(=O)(=O)Cc3ccc(C(=O)O)c(C)c3)cc2)c1. The Hall–Kier alpha value is -3.32. The first-order valence-electron chi connectivity index (χ1n) is 8.85. The molecule has 0 atom stereocenters. The summed E-state index contributed by atoms with van der Waals surface area (Å²) in [7, 11) is -2.04. The van der Waals surface area contributed by atoms with Crippen LogP contribution in [0.5, 0.6) is 5.75 Å². The molecule has 3 rings (SSSR count). The van der Waals surface area contributed by atoms with Gasteiger partial charge in [0.2, 0.25) is 10.0 Å². The molecule has 0 spiro atoms. The summed E-state index contributed by atoms with van der Waals surface area (Å²) in [5.74, 6) is -0.534. The van der Waals surface area contributed by atoms with Crippen molar-refractivity contribution < 1.29 is 23.1 Å². The average Bonchev–Trinajstić information content (AvgIpc) is 2.67. The molecule has 3 aromatic carbocycles. The highest BCUT2D eigenvalue weighted by atomic mass is 32.2. The van der Waals surface area contributed by atoms with E-state index in [0.717, 1.165) is 16.9 Å². The van der Waals surface area contributed by atoms with Gasteiger partial charge in [-0.1, -0.05) is 36.4 Å². The van der Waals surface area contributed by atoms with Crippen molar-refractivity contribution in [3.8, 4) is 16.9 Å². The number of rotatable bonds is 7. The predicted octanol–water partition coefficient (Wildman–Crippen LogP) is 4.31. The molecular weight excluding hydrogens is 390 g/mol. The number of methoxy groups -OCH3 is 1. The van der Waals surface area contributed by atoms with E-state index in [1.807, 2.05) is 36.4 Å². The number of carboxylic acid groups (broad SMARTS) is 1. The Bertz CT molecular complexity index is 1140. The first kappa shape index (κ1) is 20.4. The van der Waals surface area contributed by atoms with Crippen LogP contribution in [-0.2, 0) is 15.8 Å². The zero-order valence-electron chi connectivity index (χ0n) is 16.0. The summed E-state index contributed by atoms with van der Waals surface area (Å²) < 4.78 is 32.8. The molecule has 150 valence electrons. The number of carbonyl (C=O) groups is 1. The second kappa shape index (κ2) is 8.36. The van der Waals surface area contributed by atoms with Crippen LogP contribution in [0, 0.1) is 6.92 Å². The van der Waals surface area contributed by atoms with Gasteiger partial charge >= 0.3 is 5.97 Å². The van der Waals surface area contributed by atoms with Crippen LogP contribution in [0.2, 0.25) is 0 Å². The van der Waals surface area contributed by atoms with E-state index in [0.29, 0.717) is 16.8 Å². The fourth-order valence-corrected chi connectivity index (χ4v) is 4.21. The molecule has 0 aliphatic rings. The van der Waals surface area contributed by atoms with Gasteiger partial charge in [-0.2, -0.15) is 0 Å². The van der Waals surface area contributed by atoms with Crippen LogP contribution >= 0.6 is 0 Å². The number of benzene rings is 3. The highest BCUT2D eigenvalue weighted by Gasteiger charge is 2.14. The third kappa shape index (κ3) is 5.14. The normalized spacial score (nSPS) is 11.1. The van der Waals surface area contributed by atoms with Gasteiger partial charge in [-0.05, 0) is 59.5 Å². The quantitative estimate of drug-likeness (QED) is 0.604. The zero-order valence-corrected chi connectivity index (χ0v) is 16.9. The summed E-state index contributed by atoms with van der Waals surface area (Å²) in [6.45, 7) is 1.64. The molecule has 0 unspecified atom stereocenters. The first-order valence-corrected chi connectivity index (χ1v) is 10.5. The van der Waals surface area contributed by atoms with Gasteiger partial charge < -0.3 is 9.84 Å². The number of anilines is 1. The van der Waals surface area contributed by atoms with E-state index in [9.17, 15) is 13.2 Å². The maximum atomic E-state index is 12.5. The smallest absolute Gasteiger partial charge is 0.335 e. The molecule has 3 aromatic rings. The van der Waals surface area contributed by atoms with Crippen molar-refractivity contribution in [1.29, 1.82) is 0 Å². The number of hydrogen-bond acceptors (Lipinski definition) is 4. The number of ether oxygens (including phenoxy) is 1. The molecule has 0 radical (unpaired) electrons. The van der Waals surface area contributed by atoms with Gasteiger partial charge in [0.05, 0.1) is 18.4 Å².